The van der Waals surface area contributed by atoms with Crippen LogP contribution in [0, 0.1) is 12.8 Å². The van der Waals surface area contributed by atoms with Gasteiger partial charge in [0.25, 0.3) is 0 Å². The number of likely N-dealkylation sites (tertiary alicyclic amines) is 1. The van der Waals surface area contributed by atoms with Gasteiger partial charge < -0.3 is 16.0 Å². The van der Waals surface area contributed by atoms with Gasteiger partial charge in [0.1, 0.15) is 5.82 Å². The van der Waals surface area contributed by atoms with Gasteiger partial charge in [0.05, 0.1) is 5.92 Å². The van der Waals surface area contributed by atoms with Crippen LogP contribution in [-0.2, 0) is 16.0 Å². The van der Waals surface area contributed by atoms with Crippen molar-refractivity contribution < 1.29 is 9.59 Å². The molecule has 0 aliphatic carbocycles. The van der Waals surface area contributed by atoms with Crippen LogP contribution in [0.4, 0.5) is 11.5 Å². The summed E-state index contributed by atoms with van der Waals surface area (Å²) in [6.07, 6.45) is 2.64. The van der Waals surface area contributed by atoms with E-state index in [4.69, 9.17) is 5.73 Å². The van der Waals surface area contributed by atoms with E-state index in [0.717, 1.165) is 24.1 Å². The van der Waals surface area contributed by atoms with Gasteiger partial charge in [-0.1, -0.05) is 24.3 Å². The highest BCUT2D eigenvalue weighted by atomic mass is 35.5. The Morgan fingerprint density at radius 1 is 1.17 bits per heavy atom. The van der Waals surface area contributed by atoms with Crippen LogP contribution in [0.5, 0.6) is 0 Å². The van der Waals surface area contributed by atoms with E-state index >= 15 is 0 Å². The van der Waals surface area contributed by atoms with Crippen molar-refractivity contribution in [3.05, 3.63) is 53.7 Å². The van der Waals surface area contributed by atoms with E-state index in [2.05, 4.69) is 10.3 Å². The molecule has 3 N–H and O–H groups in total. The Kier molecular flexibility index (Phi) is 9.92. The topological polar surface area (TPSA) is 88.3 Å². The number of para-hydroxylation sites is 1. The van der Waals surface area contributed by atoms with Gasteiger partial charge in [-0.25, -0.2) is 4.98 Å². The lowest BCUT2D eigenvalue weighted by Crippen LogP contribution is -2.43. The molecule has 1 aromatic heterocycles. The summed E-state index contributed by atoms with van der Waals surface area (Å²) in [4.78, 5) is 31.3. The number of aromatic nitrogens is 1. The fraction of sp³-hybridized carbons (Fsp3) is 0.381. The summed E-state index contributed by atoms with van der Waals surface area (Å²) in [5.74, 6) is 0.358. The maximum absolute atomic E-state index is 12.6. The number of nitrogens with two attached hydrogens (primary N) is 1. The Hall–Kier alpha value is -2.31. The van der Waals surface area contributed by atoms with Crippen LogP contribution in [0.25, 0.3) is 0 Å². The van der Waals surface area contributed by atoms with Gasteiger partial charge in [-0.15, -0.1) is 24.8 Å². The quantitative estimate of drug-likeness (QED) is 0.697. The highest BCUT2D eigenvalue weighted by Crippen LogP contribution is 2.20. The Labute approximate surface area is 184 Å². The molecule has 1 fully saturated rings. The van der Waals surface area contributed by atoms with E-state index in [1.165, 1.54) is 0 Å². The van der Waals surface area contributed by atoms with E-state index in [9.17, 15) is 9.59 Å². The molecular weight excluding hydrogens is 411 g/mol. The normalized spacial score (nSPS) is 15.6. The molecule has 2 heterocycles. The lowest BCUT2D eigenvalue weighted by atomic mass is 9.96. The number of hydrogen-bond donors (Lipinski definition) is 2. The molecule has 6 nitrogen and oxygen atoms in total. The Bertz CT molecular complexity index is 832. The first-order valence-corrected chi connectivity index (χ1v) is 9.38. The third kappa shape index (κ3) is 6.91. The fourth-order valence-electron chi connectivity index (χ4n) is 3.42. The number of nitrogens with one attached hydrogen (secondary N) is 1. The second-order valence-corrected chi connectivity index (χ2v) is 7.03. The van der Waals surface area contributed by atoms with Gasteiger partial charge in [0.15, 0.2) is 0 Å². The summed E-state index contributed by atoms with van der Waals surface area (Å²) >= 11 is 0. The predicted octanol–water partition coefficient (Wildman–Crippen LogP) is 3.63. The molecule has 1 aromatic carbocycles. The molecule has 3 rings (SSSR count). The molecule has 1 unspecified atom stereocenters. The molecule has 1 aliphatic heterocycles. The first kappa shape index (κ1) is 24.7. The number of rotatable bonds is 5. The number of nitrogens with zero attached hydrogens (tertiary/aromatic N) is 2. The zero-order valence-corrected chi connectivity index (χ0v) is 18.1. The molecule has 1 aliphatic rings. The number of hydrogen-bond acceptors (Lipinski definition) is 4. The van der Waals surface area contributed by atoms with E-state index in [0.29, 0.717) is 37.4 Å². The molecule has 1 saturated heterocycles. The largest absolute Gasteiger partial charge is 0.399 e. The van der Waals surface area contributed by atoms with Crippen molar-refractivity contribution in [1.29, 1.82) is 0 Å². The summed E-state index contributed by atoms with van der Waals surface area (Å²) in [6.45, 7) is 3.05. The first-order chi connectivity index (χ1) is 13.0. The van der Waals surface area contributed by atoms with E-state index in [1.54, 1.807) is 11.0 Å². The van der Waals surface area contributed by atoms with Crippen LogP contribution in [0.2, 0.25) is 0 Å². The molecule has 0 spiro atoms. The average molecular weight is 439 g/mol. The smallest absolute Gasteiger partial charge is 0.230 e. The van der Waals surface area contributed by atoms with Crippen molar-refractivity contribution in [2.75, 3.05) is 24.1 Å². The predicted molar refractivity (Wildman–Crippen MR) is 121 cm³/mol. The van der Waals surface area contributed by atoms with Crippen LogP contribution in [0.1, 0.15) is 30.5 Å². The standard InChI is InChI=1S/C21H26N4O2.2ClH/c1-15-6-4-10-19(23-15)24-21(27)17-8-5-13-25(14-17)20(26)12-11-16-7-2-3-9-18(16)22;;/h2-4,6-7,9-10,17H,5,8,11-14,22H2,1H3,(H,23,24,27);2*1H. The second-order valence-electron chi connectivity index (χ2n) is 7.03. The zero-order chi connectivity index (χ0) is 19.2. The number of piperidine rings is 1. The summed E-state index contributed by atoms with van der Waals surface area (Å²) in [5.41, 5.74) is 8.51. The minimum atomic E-state index is -0.202. The highest BCUT2D eigenvalue weighted by molar-refractivity contribution is 5.92. The summed E-state index contributed by atoms with van der Waals surface area (Å²) < 4.78 is 0. The van der Waals surface area contributed by atoms with Gasteiger partial charge in [-0.3, -0.25) is 9.59 Å². The third-order valence-corrected chi connectivity index (χ3v) is 4.95. The maximum atomic E-state index is 12.6. The van der Waals surface area contributed by atoms with Crippen molar-refractivity contribution in [1.82, 2.24) is 9.88 Å². The molecule has 2 aromatic rings. The van der Waals surface area contributed by atoms with Crippen molar-refractivity contribution in [2.24, 2.45) is 5.92 Å². The third-order valence-electron chi connectivity index (χ3n) is 4.95. The van der Waals surface area contributed by atoms with Crippen LogP contribution in [-0.4, -0.2) is 34.8 Å². The van der Waals surface area contributed by atoms with Gasteiger partial charge in [0.2, 0.25) is 11.8 Å². The van der Waals surface area contributed by atoms with Crippen molar-refractivity contribution in [2.45, 2.75) is 32.6 Å². The molecular formula is C21H28Cl2N4O2. The van der Waals surface area contributed by atoms with Crippen LogP contribution < -0.4 is 11.1 Å². The second kappa shape index (κ2) is 11.6. The summed E-state index contributed by atoms with van der Waals surface area (Å²) in [5, 5.41) is 2.87. The number of amides is 2. The van der Waals surface area contributed by atoms with E-state index in [-0.39, 0.29) is 42.5 Å². The maximum Gasteiger partial charge on any atom is 0.230 e. The number of nitrogen functional groups attached to an aromatic ring is 1. The molecule has 2 amide bonds. The Morgan fingerprint density at radius 3 is 2.66 bits per heavy atom. The highest BCUT2D eigenvalue weighted by Gasteiger charge is 2.28. The first-order valence-electron chi connectivity index (χ1n) is 9.38. The molecule has 29 heavy (non-hydrogen) atoms. The van der Waals surface area contributed by atoms with Crippen molar-refractivity contribution in [3.63, 3.8) is 0 Å². The number of anilines is 2. The number of carbonyl (C=O) groups excluding carboxylic acids is 2. The molecule has 0 radical (unpaired) electrons. The molecule has 8 heteroatoms. The monoisotopic (exact) mass is 438 g/mol. The van der Waals surface area contributed by atoms with Crippen LogP contribution in [0.15, 0.2) is 42.5 Å². The Balaban J connectivity index is 0.00000210. The number of halogens is 2. The van der Waals surface area contributed by atoms with Gasteiger partial charge in [0, 0.05) is 30.9 Å². The number of pyridine rings is 1. The molecule has 0 saturated carbocycles. The average Bonchev–Trinajstić information content (AvgIpc) is 2.67. The fourth-order valence-corrected chi connectivity index (χ4v) is 3.42. The minimum Gasteiger partial charge on any atom is -0.399 e. The molecule has 158 valence electrons. The minimum absolute atomic E-state index is 0. The lowest BCUT2D eigenvalue weighted by molar-refractivity contribution is -0.134. The van der Waals surface area contributed by atoms with Crippen LogP contribution >= 0.6 is 24.8 Å². The van der Waals surface area contributed by atoms with E-state index < -0.39 is 0 Å². The SMILES string of the molecule is Cc1cccc(NC(=O)C2CCCN(C(=O)CCc3ccccc3N)C2)n1.Cl.Cl. The summed E-state index contributed by atoms with van der Waals surface area (Å²) in [6, 6.07) is 13.1. The summed E-state index contributed by atoms with van der Waals surface area (Å²) in [7, 11) is 0. The van der Waals surface area contributed by atoms with Crippen molar-refractivity contribution >= 4 is 48.1 Å². The van der Waals surface area contributed by atoms with Gasteiger partial charge in [-0.05, 0) is 49.9 Å². The van der Waals surface area contributed by atoms with Gasteiger partial charge in [-0.2, -0.15) is 0 Å². The van der Waals surface area contributed by atoms with Gasteiger partial charge >= 0.3 is 0 Å². The van der Waals surface area contributed by atoms with E-state index in [1.807, 2.05) is 43.3 Å². The zero-order valence-electron chi connectivity index (χ0n) is 16.5. The number of carbonyl (C=O) groups is 2. The molecule has 1 atom stereocenters. The lowest BCUT2D eigenvalue weighted by Gasteiger charge is -2.32. The molecule has 0 bridgehead atoms. The Morgan fingerprint density at radius 2 is 1.93 bits per heavy atom. The van der Waals surface area contributed by atoms with Crippen LogP contribution in [0.3, 0.4) is 0 Å². The number of benzene rings is 1. The van der Waals surface area contributed by atoms with Crippen molar-refractivity contribution in [3.8, 4) is 0 Å². The number of aryl methyl sites for hydroxylation is 2.